The maximum absolute atomic E-state index is 13.1. The van der Waals surface area contributed by atoms with Crippen LogP contribution in [-0.2, 0) is 6.42 Å². The second-order valence-corrected chi connectivity index (χ2v) is 4.51. The van der Waals surface area contributed by atoms with E-state index in [1.807, 2.05) is 19.9 Å². The van der Waals surface area contributed by atoms with Crippen molar-refractivity contribution in [2.24, 2.45) is 5.73 Å². The first-order chi connectivity index (χ1) is 8.56. The van der Waals surface area contributed by atoms with Gasteiger partial charge in [-0.2, -0.15) is 0 Å². The minimum Gasteiger partial charge on any atom is -0.328 e. The van der Waals surface area contributed by atoms with E-state index >= 15 is 0 Å². The van der Waals surface area contributed by atoms with E-state index in [1.165, 1.54) is 12.1 Å². The van der Waals surface area contributed by atoms with Gasteiger partial charge in [-0.25, -0.2) is 14.4 Å². The van der Waals surface area contributed by atoms with Crippen LogP contribution in [0.15, 0.2) is 30.5 Å². The third kappa shape index (κ3) is 2.90. The topological polar surface area (TPSA) is 51.8 Å². The van der Waals surface area contributed by atoms with Crippen molar-refractivity contribution in [1.29, 1.82) is 0 Å². The minimum atomic E-state index is -0.247. The lowest BCUT2D eigenvalue weighted by molar-refractivity contribution is 0.627. The molecule has 0 radical (unpaired) electrons. The Labute approximate surface area is 106 Å². The van der Waals surface area contributed by atoms with Gasteiger partial charge in [0, 0.05) is 29.9 Å². The van der Waals surface area contributed by atoms with E-state index in [0.717, 1.165) is 16.8 Å². The van der Waals surface area contributed by atoms with Gasteiger partial charge >= 0.3 is 0 Å². The Bertz CT molecular complexity index is 552. The number of halogens is 1. The number of aryl methyl sites for hydroxylation is 1. The molecule has 0 saturated carbocycles. The number of nitrogens with two attached hydrogens (primary N) is 1. The molecule has 2 N–H and O–H groups in total. The molecule has 1 aromatic heterocycles. The standard InChI is InChI=1S/C14H16FN3/c1-9-7-11(15)3-4-13(9)14-17-6-5-12(18-14)8-10(2)16/h3-7,10H,8,16H2,1-2H3. The van der Waals surface area contributed by atoms with Crippen molar-refractivity contribution in [3.63, 3.8) is 0 Å². The summed E-state index contributed by atoms with van der Waals surface area (Å²) < 4.78 is 13.1. The summed E-state index contributed by atoms with van der Waals surface area (Å²) in [5, 5.41) is 0. The van der Waals surface area contributed by atoms with Gasteiger partial charge in [0.15, 0.2) is 5.82 Å². The first kappa shape index (κ1) is 12.6. The van der Waals surface area contributed by atoms with E-state index in [9.17, 15) is 4.39 Å². The Balaban J connectivity index is 2.38. The molecule has 0 aliphatic carbocycles. The molecule has 1 heterocycles. The number of hydrogen-bond donors (Lipinski definition) is 1. The maximum atomic E-state index is 13.1. The normalized spacial score (nSPS) is 12.4. The van der Waals surface area contributed by atoms with Crippen molar-refractivity contribution < 1.29 is 4.39 Å². The zero-order chi connectivity index (χ0) is 13.1. The van der Waals surface area contributed by atoms with Gasteiger partial charge in [-0.15, -0.1) is 0 Å². The molecule has 2 rings (SSSR count). The zero-order valence-corrected chi connectivity index (χ0v) is 10.5. The van der Waals surface area contributed by atoms with E-state index in [1.54, 1.807) is 12.3 Å². The molecule has 1 unspecified atom stereocenters. The van der Waals surface area contributed by atoms with E-state index in [0.29, 0.717) is 12.2 Å². The largest absolute Gasteiger partial charge is 0.328 e. The predicted molar refractivity (Wildman–Crippen MR) is 69.5 cm³/mol. The summed E-state index contributed by atoms with van der Waals surface area (Å²) in [6.07, 6.45) is 2.42. The highest BCUT2D eigenvalue weighted by Crippen LogP contribution is 2.20. The summed E-state index contributed by atoms with van der Waals surface area (Å²) in [6, 6.07) is 6.52. The highest BCUT2D eigenvalue weighted by atomic mass is 19.1. The van der Waals surface area contributed by atoms with Crippen LogP contribution >= 0.6 is 0 Å². The van der Waals surface area contributed by atoms with Crippen molar-refractivity contribution in [3.05, 3.63) is 47.5 Å². The van der Waals surface area contributed by atoms with Crippen LogP contribution in [0.1, 0.15) is 18.2 Å². The summed E-state index contributed by atoms with van der Waals surface area (Å²) in [4.78, 5) is 8.69. The number of nitrogens with zero attached hydrogens (tertiary/aromatic N) is 2. The fourth-order valence-corrected chi connectivity index (χ4v) is 1.85. The van der Waals surface area contributed by atoms with Crippen LogP contribution in [0.25, 0.3) is 11.4 Å². The second-order valence-electron chi connectivity index (χ2n) is 4.51. The lowest BCUT2D eigenvalue weighted by Crippen LogP contribution is -2.18. The molecule has 1 aromatic carbocycles. The smallest absolute Gasteiger partial charge is 0.159 e. The Morgan fingerprint density at radius 1 is 1.33 bits per heavy atom. The molecule has 0 aliphatic rings. The van der Waals surface area contributed by atoms with Gasteiger partial charge in [-0.1, -0.05) is 0 Å². The summed E-state index contributed by atoms with van der Waals surface area (Å²) in [5.74, 6) is 0.369. The van der Waals surface area contributed by atoms with Crippen LogP contribution in [0.4, 0.5) is 4.39 Å². The van der Waals surface area contributed by atoms with Gasteiger partial charge < -0.3 is 5.73 Å². The third-order valence-corrected chi connectivity index (χ3v) is 2.67. The summed E-state index contributed by atoms with van der Waals surface area (Å²) in [5.41, 5.74) is 8.33. The van der Waals surface area contributed by atoms with Gasteiger partial charge in [-0.05, 0) is 43.7 Å². The van der Waals surface area contributed by atoms with Crippen LogP contribution < -0.4 is 5.73 Å². The third-order valence-electron chi connectivity index (χ3n) is 2.67. The van der Waals surface area contributed by atoms with Gasteiger partial charge in [0.1, 0.15) is 5.82 Å². The van der Waals surface area contributed by atoms with Crippen LogP contribution in [0.2, 0.25) is 0 Å². The maximum Gasteiger partial charge on any atom is 0.159 e. The molecule has 1 atom stereocenters. The Kier molecular flexibility index (Phi) is 3.67. The molecule has 18 heavy (non-hydrogen) atoms. The molecule has 94 valence electrons. The zero-order valence-electron chi connectivity index (χ0n) is 10.5. The highest BCUT2D eigenvalue weighted by Gasteiger charge is 2.07. The quantitative estimate of drug-likeness (QED) is 0.903. The molecular weight excluding hydrogens is 229 g/mol. The Morgan fingerprint density at radius 3 is 2.78 bits per heavy atom. The van der Waals surface area contributed by atoms with E-state index in [4.69, 9.17) is 5.73 Å². The van der Waals surface area contributed by atoms with Gasteiger partial charge in [-0.3, -0.25) is 0 Å². The number of hydrogen-bond acceptors (Lipinski definition) is 3. The van der Waals surface area contributed by atoms with E-state index < -0.39 is 0 Å². The number of aromatic nitrogens is 2. The van der Waals surface area contributed by atoms with Crippen LogP contribution in [0.5, 0.6) is 0 Å². The average molecular weight is 245 g/mol. The second kappa shape index (κ2) is 5.23. The minimum absolute atomic E-state index is 0.0575. The van der Waals surface area contributed by atoms with Crippen molar-refractivity contribution in [2.75, 3.05) is 0 Å². The Morgan fingerprint density at radius 2 is 2.11 bits per heavy atom. The average Bonchev–Trinajstić information content (AvgIpc) is 2.28. The fourth-order valence-electron chi connectivity index (χ4n) is 1.85. The lowest BCUT2D eigenvalue weighted by Gasteiger charge is -2.08. The molecular formula is C14H16FN3. The SMILES string of the molecule is Cc1cc(F)ccc1-c1nccc(CC(C)N)n1. The number of rotatable bonds is 3. The van der Waals surface area contributed by atoms with Crippen molar-refractivity contribution >= 4 is 0 Å². The molecule has 2 aromatic rings. The van der Waals surface area contributed by atoms with Crippen molar-refractivity contribution in [3.8, 4) is 11.4 Å². The van der Waals surface area contributed by atoms with Crippen LogP contribution in [-0.4, -0.2) is 16.0 Å². The predicted octanol–water partition coefficient (Wildman–Crippen LogP) is 2.48. The monoisotopic (exact) mass is 245 g/mol. The van der Waals surface area contributed by atoms with Gasteiger partial charge in [0.25, 0.3) is 0 Å². The highest BCUT2D eigenvalue weighted by molar-refractivity contribution is 5.59. The molecule has 0 aliphatic heterocycles. The number of benzene rings is 1. The molecule has 0 bridgehead atoms. The molecule has 0 saturated heterocycles. The van der Waals surface area contributed by atoms with Crippen LogP contribution in [0, 0.1) is 12.7 Å². The van der Waals surface area contributed by atoms with Crippen molar-refractivity contribution in [1.82, 2.24) is 9.97 Å². The first-order valence-electron chi connectivity index (χ1n) is 5.90. The Hall–Kier alpha value is -1.81. The molecule has 4 heteroatoms. The lowest BCUT2D eigenvalue weighted by atomic mass is 10.1. The van der Waals surface area contributed by atoms with E-state index in [-0.39, 0.29) is 11.9 Å². The summed E-state index contributed by atoms with van der Waals surface area (Å²) >= 11 is 0. The molecule has 3 nitrogen and oxygen atoms in total. The molecule has 0 amide bonds. The van der Waals surface area contributed by atoms with Crippen molar-refractivity contribution in [2.45, 2.75) is 26.3 Å². The molecule has 0 fully saturated rings. The summed E-state index contributed by atoms with van der Waals surface area (Å²) in [6.45, 7) is 3.78. The summed E-state index contributed by atoms with van der Waals surface area (Å²) in [7, 11) is 0. The van der Waals surface area contributed by atoms with Crippen LogP contribution in [0.3, 0.4) is 0 Å². The fraction of sp³-hybridized carbons (Fsp3) is 0.286. The van der Waals surface area contributed by atoms with Gasteiger partial charge in [0.2, 0.25) is 0 Å². The van der Waals surface area contributed by atoms with E-state index in [2.05, 4.69) is 9.97 Å². The first-order valence-corrected chi connectivity index (χ1v) is 5.90. The molecule has 0 spiro atoms. The van der Waals surface area contributed by atoms with Gasteiger partial charge in [0.05, 0.1) is 0 Å².